The van der Waals surface area contributed by atoms with Crippen molar-refractivity contribution in [1.29, 1.82) is 0 Å². The Bertz CT molecular complexity index is 8.00. The van der Waals surface area contributed by atoms with Gasteiger partial charge in [-0.2, -0.15) is 0 Å². The van der Waals surface area contributed by atoms with Crippen LogP contribution in [0, 0.1) is 5.21 Å². The normalized spacial score (nSPS) is 7.50. The molecule has 4 heavy (non-hydrogen) atoms. The van der Waals surface area contributed by atoms with Gasteiger partial charge >= 0.3 is 0 Å². The summed E-state index contributed by atoms with van der Waals surface area (Å²) in [6.45, 7) is -0.486. The van der Waals surface area contributed by atoms with Crippen molar-refractivity contribution in [3.05, 3.63) is 5.21 Å². The van der Waals surface area contributed by atoms with Gasteiger partial charge in [0.25, 0.3) is 0 Å². The lowest BCUT2D eigenvalue weighted by atomic mass is 11.4. The summed E-state index contributed by atoms with van der Waals surface area (Å²) in [6, 6.07) is 0. The van der Waals surface area contributed by atoms with Crippen LogP contribution in [0.4, 0.5) is 0 Å². The SMILES string of the molecule is [O-]NCO. The number of rotatable bonds is 1. The zero-order valence-electron chi connectivity index (χ0n) is 2.06. The van der Waals surface area contributed by atoms with E-state index in [1.165, 1.54) is 5.48 Å². The minimum absolute atomic E-state index is 0.486. The third-order valence-electron chi connectivity index (χ3n) is 0.0645. The van der Waals surface area contributed by atoms with Gasteiger partial charge in [-0.15, -0.1) is 0 Å². The Balaban J connectivity index is 1.97. The van der Waals surface area contributed by atoms with Crippen LogP contribution in [0.1, 0.15) is 0 Å². The second kappa shape index (κ2) is 2.88. The lowest BCUT2D eigenvalue weighted by Crippen LogP contribution is -2.01. The van der Waals surface area contributed by atoms with Crippen molar-refractivity contribution in [2.75, 3.05) is 6.73 Å². The molecule has 0 rings (SSSR count). The molecule has 0 aromatic heterocycles. The Labute approximate surface area is 23.8 Å². The molecule has 26 valence electrons. The second-order valence-electron chi connectivity index (χ2n) is 0.302. The summed E-state index contributed by atoms with van der Waals surface area (Å²) in [5.74, 6) is 0. The molecular weight excluding hydrogens is 58.0 g/mol. The largest absolute Gasteiger partial charge is 0.786 e. The number of aliphatic hydroxyl groups excluding tert-OH is 1. The molecular formula is CH4NO2-. The van der Waals surface area contributed by atoms with E-state index in [9.17, 15) is 0 Å². The molecule has 0 unspecified atom stereocenters. The Morgan fingerprint density at radius 1 is 2.00 bits per heavy atom. The van der Waals surface area contributed by atoms with E-state index in [1.54, 1.807) is 0 Å². The molecule has 0 aromatic rings. The third kappa shape index (κ3) is 1.88. The van der Waals surface area contributed by atoms with Gasteiger partial charge in [-0.25, -0.2) is 0 Å². The molecule has 0 fully saturated rings. The van der Waals surface area contributed by atoms with Crippen molar-refractivity contribution >= 4 is 0 Å². The molecule has 0 atom stereocenters. The number of hydroxylamine groups is 1. The quantitative estimate of drug-likeness (QED) is 0.303. The first kappa shape index (κ1) is 3.88. The van der Waals surface area contributed by atoms with Crippen LogP contribution in [-0.2, 0) is 0 Å². The first-order valence-corrected chi connectivity index (χ1v) is 0.874. The summed E-state index contributed by atoms with van der Waals surface area (Å²) in [5.41, 5.74) is 1.24. The Hall–Kier alpha value is -0.120. The van der Waals surface area contributed by atoms with Crippen molar-refractivity contribution in [2.24, 2.45) is 0 Å². The van der Waals surface area contributed by atoms with Crippen LogP contribution in [0.5, 0.6) is 0 Å². The van der Waals surface area contributed by atoms with Gasteiger partial charge in [0.05, 0.1) is 6.73 Å². The number of nitrogens with one attached hydrogen (secondary N) is 1. The average molecular weight is 62.0 g/mol. The molecule has 0 saturated carbocycles. The van der Waals surface area contributed by atoms with Crippen molar-refractivity contribution in [1.82, 2.24) is 5.48 Å². The highest BCUT2D eigenvalue weighted by atomic mass is 16.5. The van der Waals surface area contributed by atoms with Gasteiger partial charge in [0.15, 0.2) is 0 Å². The van der Waals surface area contributed by atoms with Crippen LogP contribution in [0.15, 0.2) is 0 Å². The lowest BCUT2D eigenvalue weighted by molar-refractivity contribution is 0.280. The highest BCUT2D eigenvalue weighted by Crippen LogP contribution is 1.28. The smallest absolute Gasteiger partial charge is 0.0818 e. The molecule has 0 heterocycles. The maximum Gasteiger partial charge on any atom is 0.0818 e. The van der Waals surface area contributed by atoms with Crippen molar-refractivity contribution in [3.63, 3.8) is 0 Å². The first-order valence-electron chi connectivity index (χ1n) is 0.874. The molecule has 0 spiro atoms. The van der Waals surface area contributed by atoms with Crippen LogP contribution in [0.25, 0.3) is 0 Å². The summed E-state index contributed by atoms with van der Waals surface area (Å²) in [4.78, 5) is 0. The summed E-state index contributed by atoms with van der Waals surface area (Å²) in [5, 5.41) is 16.2. The van der Waals surface area contributed by atoms with Crippen LogP contribution >= 0.6 is 0 Å². The fourth-order valence-corrected chi connectivity index (χ4v) is 0. The van der Waals surface area contributed by atoms with Gasteiger partial charge in [-0.1, -0.05) is 0 Å². The van der Waals surface area contributed by atoms with E-state index >= 15 is 0 Å². The zero-order valence-corrected chi connectivity index (χ0v) is 2.06. The molecule has 0 amide bonds. The van der Waals surface area contributed by atoms with E-state index in [0.717, 1.165) is 0 Å². The molecule has 0 bridgehead atoms. The van der Waals surface area contributed by atoms with Gasteiger partial charge < -0.3 is 15.8 Å². The molecule has 0 aliphatic rings. The van der Waals surface area contributed by atoms with E-state index in [-0.39, 0.29) is 0 Å². The third-order valence-corrected chi connectivity index (χ3v) is 0.0645. The van der Waals surface area contributed by atoms with Crippen LogP contribution < -0.4 is 5.48 Å². The molecule has 0 radical (unpaired) electrons. The van der Waals surface area contributed by atoms with Gasteiger partial charge in [0, 0.05) is 0 Å². The van der Waals surface area contributed by atoms with E-state index in [4.69, 9.17) is 10.3 Å². The van der Waals surface area contributed by atoms with E-state index in [0.29, 0.717) is 0 Å². The average Bonchev–Trinajstić information content (AvgIpc) is 1.37. The Morgan fingerprint density at radius 2 is 2.25 bits per heavy atom. The number of hydrogen-bond acceptors (Lipinski definition) is 3. The first-order chi connectivity index (χ1) is 1.91. The van der Waals surface area contributed by atoms with Crippen molar-refractivity contribution in [2.45, 2.75) is 0 Å². The monoisotopic (exact) mass is 62.0 g/mol. The zero-order chi connectivity index (χ0) is 3.41. The topological polar surface area (TPSA) is 55.3 Å². The van der Waals surface area contributed by atoms with Crippen LogP contribution in [0.2, 0.25) is 0 Å². The minimum atomic E-state index is -0.486. The van der Waals surface area contributed by atoms with E-state index in [1.807, 2.05) is 0 Å². The van der Waals surface area contributed by atoms with Gasteiger partial charge in [0.1, 0.15) is 0 Å². The maximum atomic E-state index is 8.80. The van der Waals surface area contributed by atoms with Gasteiger partial charge in [-0.05, 0) is 0 Å². The van der Waals surface area contributed by atoms with Crippen LogP contribution in [0.3, 0.4) is 0 Å². The minimum Gasteiger partial charge on any atom is -0.786 e. The lowest BCUT2D eigenvalue weighted by Gasteiger charge is -1.95. The molecule has 2 N–H and O–H groups in total. The number of hydrogen-bond donors (Lipinski definition) is 2. The van der Waals surface area contributed by atoms with E-state index < -0.39 is 6.73 Å². The Kier molecular flexibility index (Phi) is 2.79. The van der Waals surface area contributed by atoms with Crippen molar-refractivity contribution < 1.29 is 5.11 Å². The summed E-state index contributed by atoms with van der Waals surface area (Å²) in [6.07, 6.45) is 0. The van der Waals surface area contributed by atoms with Crippen molar-refractivity contribution in [3.8, 4) is 0 Å². The highest BCUT2D eigenvalue weighted by molar-refractivity contribution is 4.21. The predicted octanol–water partition coefficient (Wildman–Crippen LogP) is -0.976. The molecule has 3 heteroatoms. The van der Waals surface area contributed by atoms with Gasteiger partial charge in [0.2, 0.25) is 0 Å². The summed E-state index contributed by atoms with van der Waals surface area (Å²) in [7, 11) is 0. The molecule has 3 nitrogen and oxygen atoms in total. The molecule has 0 aromatic carbocycles. The maximum absolute atomic E-state index is 8.80. The highest BCUT2D eigenvalue weighted by Gasteiger charge is 1.40. The van der Waals surface area contributed by atoms with Crippen LogP contribution in [-0.4, -0.2) is 11.8 Å². The second-order valence-corrected chi connectivity index (χ2v) is 0.302. The molecule has 0 aliphatic heterocycles. The number of aliphatic hydroxyl groups is 1. The molecule has 0 saturated heterocycles. The fourth-order valence-electron chi connectivity index (χ4n) is 0. The van der Waals surface area contributed by atoms with Gasteiger partial charge in [-0.3, -0.25) is 0 Å². The summed E-state index contributed by atoms with van der Waals surface area (Å²) >= 11 is 0. The molecule has 0 aliphatic carbocycles. The van der Waals surface area contributed by atoms with E-state index in [2.05, 4.69) is 0 Å². The predicted molar refractivity (Wildman–Crippen MR) is 13.6 cm³/mol. The fraction of sp³-hybridized carbons (Fsp3) is 1.00. The standard InChI is InChI=1S/CH4NO2/c3-1-2-4/h2-3H,1H2/q-1. The Morgan fingerprint density at radius 3 is 2.25 bits per heavy atom. The summed E-state index contributed by atoms with van der Waals surface area (Å²) < 4.78 is 0.